The Morgan fingerprint density at radius 1 is 0.909 bits per heavy atom. The van der Waals surface area contributed by atoms with Crippen LogP contribution in [0.3, 0.4) is 0 Å². The maximum atomic E-state index is 9.11. The Bertz CT molecular complexity index is 510. The zero-order chi connectivity index (χ0) is 14.9. The first kappa shape index (κ1) is 14.7. The third-order valence-corrected chi connectivity index (χ3v) is 6.23. The lowest BCUT2D eigenvalue weighted by atomic mass is 9.77. The highest BCUT2D eigenvalue weighted by Gasteiger charge is 2.39. The molecule has 120 valence electrons. The summed E-state index contributed by atoms with van der Waals surface area (Å²) in [6, 6.07) is 9.97. The Labute approximate surface area is 133 Å². The largest absolute Gasteiger partial charge is 0.395 e. The Morgan fingerprint density at radius 3 is 2.41 bits per heavy atom. The predicted molar refractivity (Wildman–Crippen MR) is 89.3 cm³/mol. The maximum absolute atomic E-state index is 9.11. The van der Waals surface area contributed by atoms with Crippen LogP contribution in [0.2, 0.25) is 0 Å². The molecule has 1 saturated heterocycles. The first-order valence-electron chi connectivity index (χ1n) is 9.03. The van der Waals surface area contributed by atoms with Crippen molar-refractivity contribution in [2.45, 2.75) is 43.6 Å². The molecule has 0 radical (unpaired) electrons. The fourth-order valence-corrected chi connectivity index (χ4v) is 5.08. The number of hydrogen-bond donors (Lipinski definition) is 1. The number of aliphatic hydroxyl groups excluding tert-OH is 1. The first-order valence-corrected chi connectivity index (χ1v) is 9.03. The SMILES string of the molecule is OCCN1CCN(C2CCC3CCC2c2ccccc23)CC1. The van der Waals surface area contributed by atoms with Crippen LogP contribution in [0.5, 0.6) is 0 Å². The number of nitrogens with zero attached hydrogens (tertiary/aromatic N) is 2. The number of hydrogen-bond acceptors (Lipinski definition) is 3. The van der Waals surface area contributed by atoms with E-state index in [1.807, 2.05) is 0 Å². The van der Waals surface area contributed by atoms with Gasteiger partial charge < -0.3 is 5.11 Å². The van der Waals surface area contributed by atoms with Gasteiger partial charge in [0.1, 0.15) is 0 Å². The van der Waals surface area contributed by atoms with Crippen LogP contribution in [0.15, 0.2) is 24.3 Å². The minimum Gasteiger partial charge on any atom is -0.395 e. The van der Waals surface area contributed by atoms with E-state index in [1.54, 1.807) is 11.1 Å². The highest BCUT2D eigenvalue weighted by Crippen LogP contribution is 2.48. The average molecular weight is 300 g/mol. The average Bonchev–Trinajstić information content (AvgIpc) is 2.87. The van der Waals surface area contributed by atoms with Crippen molar-refractivity contribution in [3.63, 3.8) is 0 Å². The maximum Gasteiger partial charge on any atom is 0.0558 e. The molecule has 0 amide bonds. The van der Waals surface area contributed by atoms with Gasteiger partial charge in [-0.3, -0.25) is 9.80 Å². The van der Waals surface area contributed by atoms with Crippen LogP contribution in [0, 0.1) is 0 Å². The van der Waals surface area contributed by atoms with Crippen molar-refractivity contribution in [1.82, 2.24) is 9.80 Å². The van der Waals surface area contributed by atoms with E-state index in [0.29, 0.717) is 6.61 Å². The van der Waals surface area contributed by atoms with E-state index in [1.165, 1.54) is 38.8 Å². The highest BCUT2D eigenvalue weighted by molar-refractivity contribution is 5.38. The lowest BCUT2D eigenvalue weighted by Crippen LogP contribution is -2.52. The molecule has 1 N–H and O–H groups in total. The number of aliphatic hydroxyl groups is 1. The standard InChI is InChI=1S/C19H28N2O/c22-14-13-20-9-11-21(12-10-20)19-8-6-15-5-7-18(19)17-4-2-1-3-16(15)17/h1-4,15,18-19,22H,5-14H2. The van der Waals surface area contributed by atoms with E-state index in [9.17, 15) is 0 Å². The zero-order valence-corrected chi connectivity index (χ0v) is 13.5. The van der Waals surface area contributed by atoms with Crippen LogP contribution in [0.1, 0.15) is 48.6 Å². The van der Waals surface area contributed by atoms with E-state index in [-0.39, 0.29) is 0 Å². The van der Waals surface area contributed by atoms with Crippen molar-refractivity contribution in [1.29, 1.82) is 0 Å². The van der Waals surface area contributed by atoms with E-state index >= 15 is 0 Å². The molecular formula is C19H28N2O. The van der Waals surface area contributed by atoms with Crippen molar-refractivity contribution >= 4 is 0 Å². The van der Waals surface area contributed by atoms with Gasteiger partial charge in [0.05, 0.1) is 6.61 Å². The lowest BCUT2D eigenvalue weighted by Gasteiger charge is -2.42. The van der Waals surface area contributed by atoms with Gasteiger partial charge in [0, 0.05) is 38.8 Å². The lowest BCUT2D eigenvalue weighted by molar-refractivity contribution is 0.0712. The third-order valence-electron chi connectivity index (χ3n) is 6.23. The summed E-state index contributed by atoms with van der Waals surface area (Å²) in [4.78, 5) is 5.15. The van der Waals surface area contributed by atoms with E-state index < -0.39 is 0 Å². The summed E-state index contributed by atoms with van der Waals surface area (Å²) in [6.07, 6.45) is 5.50. The smallest absolute Gasteiger partial charge is 0.0558 e. The second kappa shape index (κ2) is 6.31. The molecule has 1 aromatic rings. The van der Waals surface area contributed by atoms with Gasteiger partial charge in [0.25, 0.3) is 0 Å². The second-order valence-electron chi connectivity index (χ2n) is 7.26. The van der Waals surface area contributed by atoms with E-state index in [2.05, 4.69) is 34.1 Å². The highest BCUT2D eigenvalue weighted by atomic mass is 16.3. The zero-order valence-electron chi connectivity index (χ0n) is 13.5. The molecular weight excluding hydrogens is 272 g/mol. The summed E-state index contributed by atoms with van der Waals surface area (Å²) in [5.74, 6) is 1.56. The van der Waals surface area contributed by atoms with E-state index in [0.717, 1.165) is 37.5 Å². The molecule has 3 heteroatoms. The van der Waals surface area contributed by atoms with E-state index in [4.69, 9.17) is 5.11 Å². The Balaban J connectivity index is 1.52. The molecule has 3 aliphatic carbocycles. The van der Waals surface area contributed by atoms with Gasteiger partial charge in [-0.15, -0.1) is 0 Å². The van der Waals surface area contributed by atoms with Gasteiger partial charge in [-0.25, -0.2) is 0 Å². The fraction of sp³-hybridized carbons (Fsp3) is 0.684. The summed E-state index contributed by atoms with van der Waals surface area (Å²) in [5, 5.41) is 9.11. The van der Waals surface area contributed by atoms with Crippen molar-refractivity contribution < 1.29 is 5.11 Å². The van der Waals surface area contributed by atoms with Crippen LogP contribution < -0.4 is 0 Å². The molecule has 1 heterocycles. The Morgan fingerprint density at radius 2 is 1.64 bits per heavy atom. The van der Waals surface area contributed by atoms with Gasteiger partial charge in [-0.05, 0) is 48.6 Å². The van der Waals surface area contributed by atoms with Gasteiger partial charge in [-0.2, -0.15) is 0 Å². The van der Waals surface area contributed by atoms with Crippen molar-refractivity contribution in [3.8, 4) is 0 Å². The molecule has 3 unspecified atom stereocenters. The number of benzene rings is 1. The van der Waals surface area contributed by atoms with Gasteiger partial charge in [-0.1, -0.05) is 24.3 Å². The van der Waals surface area contributed by atoms with Crippen LogP contribution in [-0.4, -0.2) is 60.3 Å². The third kappa shape index (κ3) is 2.60. The molecule has 3 atom stereocenters. The minimum absolute atomic E-state index is 0.293. The molecule has 1 aromatic carbocycles. The molecule has 1 aliphatic heterocycles. The monoisotopic (exact) mass is 300 g/mol. The number of rotatable bonds is 3. The predicted octanol–water partition coefficient (Wildman–Crippen LogP) is 2.42. The number of piperazine rings is 1. The molecule has 0 aromatic heterocycles. The fourth-order valence-electron chi connectivity index (χ4n) is 5.08. The molecule has 2 fully saturated rings. The molecule has 4 aliphatic rings. The summed E-state index contributed by atoms with van der Waals surface area (Å²) in [5.41, 5.74) is 3.30. The number of β-amino-alcohol motifs (C(OH)–C–C–N with tert-alkyl or cyclic N) is 1. The van der Waals surface area contributed by atoms with Crippen LogP contribution in [-0.2, 0) is 0 Å². The summed E-state index contributed by atoms with van der Waals surface area (Å²) < 4.78 is 0. The van der Waals surface area contributed by atoms with Crippen molar-refractivity contribution in [3.05, 3.63) is 35.4 Å². The number of fused-ring (bicyclic) bond motifs is 3. The Kier molecular flexibility index (Phi) is 4.21. The van der Waals surface area contributed by atoms with Crippen LogP contribution >= 0.6 is 0 Å². The molecule has 2 bridgehead atoms. The van der Waals surface area contributed by atoms with Crippen LogP contribution in [0.4, 0.5) is 0 Å². The summed E-state index contributed by atoms with van der Waals surface area (Å²) >= 11 is 0. The quantitative estimate of drug-likeness (QED) is 0.929. The minimum atomic E-state index is 0.293. The van der Waals surface area contributed by atoms with Gasteiger partial charge >= 0.3 is 0 Å². The Hall–Kier alpha value is -0.900. The second-order valence-corrected chi connectivity index (χ2v) is 7.26. The van der Waals surface area contributed by atoms with Crippen molar-refractivity contribution in [2.75, 3.05) is 39.3 Å². The van der Waals surface area contributed by atoms with Gasteiger partial charge in [0.15, 0.2) is 0 Å². The molecule has 3 nitrogen and oxygen atoms in total. The summed E-state index contributed by atoms with van der Waals surface area (Å²) in [6.45, 7) is 5.72. The summed E-state index contributed by atoms with van der Waals surface area (Å²) in [7, 11) is 0. The molecule has 1 saturated carbocycles. The normalized spacial score (nSPS) is 32.7. The molecule has 0 spiro atoms. The first-order chi connectivity index (χ1) is 10.9. The topological polar surface area (TPSA) is 26.7 Å². The van der Waals surface area contributed by atoms with Gasteiger partial charge in [0.2, 0.25) is 0 Å². The molecule has 22 heavy (non-hydrogen) atoms. The molecule has 5 rings (SSSR count). The van der Waals surface area contributed by atoms with Crippen LogP contribution in [0.25, 0.3) is 0 Å². The van der Waals surface area contributed by atoms with Crippen molar-refractivity contribution in [2.24, 2.45) is 0 Å².